The Morgan fingerprint density at radius 3 is 2.23 bits per heavy atom. The van der Waals surface area contributed by atoms with Crippen molar-refractivity contribution in [1.29, 1.82) is 0 Å². The number of nitrogens with two attached hydrogens (primary N) is 1. The molecule has 1 heterocycles. The molecule has 2 amide bonds. The molecule has 2 aromatic carbocycles. The second-order valence-corrected chi connectivity index (χ2v) is 8.71. The van der Waals surface area contributed by atoms with Gasteiger partial charge in [0.2, 0.25) is 5.91 Å². The standard InChI is InChI=1S/C28H33N3O4/c29-19-25(26(33)20-32)30-28(35)24-15-13-23(14-16-24)12-11-22-9-7-21(8-10-22)5-2-1-3-17-31-18-4-6-27(31)34/h7-10,13-16,25,32H,1-6,17-20,29H2,(H,30,35)/t25-/m0/s1. The van der Waals surface area contributed by atoms with E-state index in [1.54, 1.807) is 24.3 Å². The molecule has 1 aliphatic heterocycles. The number of aliphatic hydroxyl groups excluding tert-OH is 1. The van der Waals surface area contributed by atoms with E-state index in [-0.39, 0.29) is 6.54 Å². The van der Waals surface area contributed by atoms with Gasteiger partial charge in [0, 0.05) is 42.7 Å². The van der Waals surface area contributed by atoms with E-state index in [4.69, 9.17) is 10.8 Å². The largest absolute Gasteiger partial charge is 0.388 e. The lowest BCUT2D eigenvalue weighted by Crippen LogP contribution is -2.46. The average Bonchev–Trinajstić information content (AvgIpc) is 3.30. The van der Waals surface area contributed by atoms with E-state index >= 15 is 0 Å². The van der Waals surface area contributed by atoms with E-state index in [1.807, 2.05) is 17.0 Å². The van der Waals surface area contributed by atoms with E-state index in [9.17, 15) is 14.4 Å². The van der Waals surface area contributed by atoms with Crippen LogP contribution < -0.4 is 11.1 Å². The molecular weight excluding hydrogens is 442 g/mol. The predicted octanol–water partition coefficient (Wildman–Crippen LogP) is 2.04. The molecule has 0 aliphatic carbocycles. The number of carbonyl (C=O) groups excluding carboxylic acids is 3. The lowest BCUT2D eigenvalue weighted by Gasteiger charge is -2.14. The summed E-state index contributed by atoms with van der Waals surface area (Å²) in [5, 5.41) is 11.5. The number of benzene rings is 2. The third-order valence-electron chi connectivity index (χ3n) is 6.10. The minimum Gasteiger partial charge on any atom is -0.388 e. The molecule has 3 rings (SSSR count). The Bertz CT molecular complexity index is 1070. The summed E-state index contributed by atoms with van der Waals surface area (Å²) in [6.45, 7) is 1.06. The number of nitrogens with zero attached hydrogens (tertiary/aromatic N) is 1. The fourth-order valence-corrected chi connectivity index (χ4v) is 3.98. The van der Waals surface area contributed by atoms with E-state index in [0.29, 0.717) is 17.9 Å². The number of aliphatic hydroxyl groups is 1. The first-order valence-electron chi connectivity index (χ1n) is 12.1. The van der Waals surface area contributed by atoms with Gasteiger partial charge >= 0.3 is 0 Å². The number of Topliss-reactive ketones (excluding diaryl/α,β-unsaturated/α-hetero) is 1. The summed E-state index contributed by atoms with van der Waals surface area (Å²) in [5.41, 5.74) is 8.83. The second kappa shape index (κ2) is 13.4. The maximum atomic E-state index is 12.3. The molecule has 35 heavy (non-hydrogen) atoms. The van der Waals surface area contributed by atoms with Crippen molar-refractivity contribution in [3.8, 4) is 11.8 Å². The fourth-order valence-electron chi connectivity index (χ4n) is 3.98. The van der Waals surface area contributed by atoms with Crippen molar-refractivity contribution < 1.29 is 19.5 Å². The van der Waals surface area contributed by atoms with E-state index in [0.717, 1.165) is 56.3 Å². The molecule has 184 valence electrons. The number of amides is 2. The van der Waals surface area contributed by atoms with Crippen molar-refractivity contribution in [2.24, 2.45) is 5.73 Å². The van der Waals surface area contributed by atoms with Crippen molar-refractivity contribution >= 4 is 17.6 Å². The number of likely N-dealkylation sites (tertiary alicyclic amines) is 1. The lowest BCUT2D eigenvalue weighted by atomic mass is 10.0. The maximum absolute atomic E-state index is 12.3. The molecule has 0 radical (unpaired) electrons. The summed E-state index contributed by atoms with van der Waals surface area (Å²) < 4.78 is 0. The van der Waals surface area contributed by atoms with Gasteiger partial charge in [0.25, 0.3) is 5.91 Å². The van der Waals surface area contributed by atoms with Gasteiger partial charge in [0.1, 0.15) is 12.6 Å². The van der Waals surface area contributed by atoms with Crippen molar-refractivity contribution in [3.63, 3.8) is 0 Å². The van der Waals surface area contributed by atoms with Crippen LogP contribution in [0.5, 0.6) is 0 Å². The highest BCUT2D eigenvalue weighted by Crippen LogP contribution is 2.13. The Morgan fingerprint density at radius 2 is 1.66 bits per heavy atom. The Labute approximate surface area is 206 Å². The number of nitrogens with one attached hydrogen (secondary N) is 1. The Morgan fingerprint density at radius 1 is 1.00 bits per heavy atom. The first kappa shape index (κ1) is 26.1. The summed E-state index contributed by atoms with van der Waals surface area (Å²) in [6, 6.07) is 14.1. The van der Waals surface area contributed by atoms with E-state index in [1.165, 1.54) is 5.56 Å². The normalized spacial score (nSPS) is 13.8. The second-order valence-electron chi connectivity index (χ2n) is 8.71. The molecule has 0 unspecified atom stereocenters. The van der Waals surface area contributed by atoms with Crippen LogP contribution in [0.3, 0.4) is 0 Å². The monoisotopic (exact) mass is 475 g/mol. The van der Waals surface area contributed by atoms with Gasteiger partial charge in [-0.05, 0) is 67.6 Å². The molecule has 0 spiro atoms. The van der Waals surface area contributed by atoms with Gasteiger partial charge in [-0.25, -0.2) is 0 Å². The number of ketones is 1. The molecule has 2 aromatic rings. The summed E-state index contributed by atoms with van der Waals surface area (Å²) >= 11 is 0. The van der Waals surface area contributed by atoms with Gasteiger partial charge in [0.15, 0.2) is 5.78 Å². The van der Waals surface area contributed by atoms with Crippen LogP contribution in [-0.4, -0.2) is 59.9 Å². The molecule has 0 aromatic heterocycles. The molecule has 4 N–H and O–H groups in total. The van der Waals surface area contributed by atoms with Crippen LogP contribution in [0.4, 0.5) is 0 Å². The molecule has 1 aliphatic rings. The van der Waals surface area contributed by atoms with Gasteiger partial charge in [-0.15, -0.1) is 0 Å². The molecule has 1 fully saturated rings. The summed E-state index contributed by atoms with van der Waals surface area (Å²) in [4.78, 5) is 37.5. The highest BCUT2D eigenvalue weighted by atomic mass is 16.3. The van der Waals surface area contributed by atoms with Crippen LogP contribution in [0, 0.1) is 11.8 Å². The molecule has 1 saturated heterocycles. The highest BCUT2D eigenvalue weighted by molar-refractivity contribution is 5.98. The maximum Gasteiger partial charge on any atom is 0.251 e. The highest BCUT2D eigenvalue weighted by Gasteiger charge is 2.19. The molecule has 7 nitrogen and oxygen atoms in total. The minimum atomic E-state index is -0.907. The van der Waals surface area contributed by atoms with Gasteiger partial charge < -0.3 is 21.1 Å². The number of aryl methyl sites for hydroxylation is 1. The minimum absolute atomic E-state index is 0.0750. The first-order chi connectivity index (χ1) is 17.0. The van der Waals surface area contributed by atoms with Crippen LogP contribution in [-0.2, 0) is 16.0 Å². The van der Waals surface area contributed by atoms with Gasteiger partial charge in [0.05, 0.1) is 0 Å². The number of hydrogen-bond acceptors (Lipinski definition) is 5. The smallest absolute Gasteiger partial charge is 0.251 e. The number of unbranched alkanes of at least 4 members (excludes halogenated alkanes) is 2. The molecular formula is C28H33N3O4. The predicted molar refractivity (Wildman–Crippen MR) is 135 cm³/mol. The van der Waals surface area contributed by atoms with Gasteiger partial charge in [-0.1, -0.05) is 30.4 Å². The van der Waals surface area contributed by atoms with Crippen molar-refractivity contribution in [2.45, 2.75) is 44.6 Å². The van der Waals surface area contributed by atoms with Gasteiger partial charge in [-0.2, -0.15) is 0 Å². The van der Waals surface area contributed by atoms with Crippen molar-refractivity contribution in [2.75, 3.05) is 26.2 Å². The third kappa shape index (κ3) is 8.06. The lowest BCUT2D eigenvalue weighted by molar-refractivity contribution is -0.127. The van der Waals surface area contributed by atoms with Crippen LogP contribution in [0.1, 0.15) is 59.2 Å². The number of hydrogen-bond donors (Lipinski definition) is 3. The van der Waals surface area contributed by atoms with Crippen LogP contribution in [0.25, 0.3) is 0 Å². The molecule has 7 heteroatoms. The summed E-state index contributed by atoms with van der Waals surface area (Å²) in [6.07, 6.45) is 6.01. The Balaban J connectivity index is 1.44. The summed E-state index contributed by atoms with van der Waals surface area (Å²) in [7, 11) is 0. The average molecular weight is 476 g/mol. The molecule has 1 atom stereocenters. The quantitative estimate of drug-likeness (QED) is 0.340. The third-order valence-corrected chi connectivity index (χ3v) is 6.10. The van der Waals surface area contributed by atoms with Crippen LogP contribution in [0.15, 0.2) is 48.5 Å². The summed E-state index contributed by atoms with van der Waals surface area (Å²) in [5.74, 6) is 5.58. The zero-order valence-electron chi connectivity index (χ0n) is 20.0. The van der Waals surface area contributed by atoms with Crippen LogP contribution >= 0.6 is 0 Å². The van der Waals surface area contributed by atoms with Gasteiger partial charge in [-0.3, -0.25) is 14.4 Å². The number of rotatable bonds is 11. The topological polar surface area (TPSA) is 113 Å². The van der Waals surface area contributed by atoms with E-state index in [2.05, 4.69) is 29.3 Å². The first-order valence-corrected chi connectivity index (χ1v) is 12.1. The number of carbonyl (C=O) groups is 3. The van der Waals surface area contributed by atoms with Crippen LogP contribution in [0.2, 0.25) is 0 Å². The fraction of sp³-hybridized carbons (Fsp3) is 0.393. The SMILES string of the molecule is NC[C@H](NC(=O)c1ccc(C#Cc2ccc(CCCCCN3CCCC3=O)cc2)cc1)C(=O)CO. The Hall–Kier alpha value is -3.47. The Kier molecular flexibility index (Phi) is 10.0. The zero-order valence-corrected chi connectivity index (χ0v) is 20.0. The molecule has 0 saturated carbocycles. The van der Waals surface area contributed by atoms with Crippen molar-refractivity contribution in [1.82, 2.24) is 10.2 Å². The zero-order chi connectivity index (χ0) is 25.0. The molecule has 0 bridgehead atoms. The van der Waals surface area contributed by atoms with Crippen molar-refractivity contribution in [3.05, 3.63) is 70.8 Å². The van der Waals surface area contributed by atoms with E-state index < -0.39 is 24.3 Å².